The topological polar surface area (TPSA) is 70.6 Å². The van der Waals surface area contributed by atoms with E-state index in [0.29, 0.717) is 25.3 Å². The van der Waals surface area contributed by atoms with E-state index in [9.17, 15) is 14.3 Å². The van der Waals surface area contributed by atoms with E-state index < -0.39 is 0 Å². The number of urea groups is 1. The monoisotopic (exact) mass is 312 g/mol. The lowest BCUT2D eigenvalue weighted by Gasteiger charge is -2.18. The summed E-state index contributed by atoms with van der Waals surface area (Å²) in [6.45, 7) is 6.31. The third-order valence-electron chi connectivity index (χ3n) is 3.05. The molecule has 0 aliphatic rings. The zero-order valence-electron chi connectivity index (χ0n) is 13.3. The van der Waals surface area contributed by atoms with E-state index in [1.54, 1.807) is 19.1 Å². The molecule has 0 aliphatic carbocycles. The number of carbonyl (C=O) groups is 1. The van der Waals surface area contributed by atoms with Crippen molar-refractivity contribution in [2.75, 3.05) is 13.2 Å². The van der Waals surface area contributed by atoms with Crippen molar-refractivity contribution in [1.29, 1.82) is 0 Å². The fourth-order valence-electron chi connectivity index (χ4n) is 2.00. The summed E-state index contributed by atoms with van der Waals surface area (Å²) in [6.07, 6.45) is 0.270. The van der Waals surface area contributed by atoms with Gasteiger partial charge in [-0.1, -0.05) is 6.92 Å². The van der Waals surface area contributed by atoms with Crippen LogP contribution in [0.1, 0.15) is 27.2 Å². The van der Waals surface area contributed by atoms with Crippen molar-refractivity contribution < 1.29 is 19.0 Å². The molecule has 6 heteroatoms. The number of halogens is 1. The summed E-state index contributed by atoms with van der Waals surface area (Å²) < 4.78 is 18.2. The largest absolute Gasteiger partial charge is 0.491 e. The van der Waals surface area contributed by atoms with Crippen LogP contribution >= 0.6 is 0 Å². The molecule has 3 atom stereocenters. The minimum atomic E-state index is -0.372. The van der Waals surface area contributed by atoms with Gasteiger partial charge in [0.2, 0.25) is 0 Å². The Morgan fingerprint density at radius 2 is 1.91 bits per heavy atom. The van der Waals surface area contributed by atoms with E-state index >= 15 is 0 Å². The first-order valence-corrected chi connectivity index (χ1v) is 7.47. The molecule has 0 heterocycles. The highest BCUT2D eigenvalue weighted by Crippen LogP contribution is 2.11. The maximum absolute atomic E-state index is 12.8. The van der Waals surface area contributed by atoms with Crippen LogP contribution in [0.4, 0.5) is 9.18 Å². The molecule has 0 aliphatic heterocycles. The number of rotatable bonds is 8. The Hall–Kier alpha value is -1.82. The minimum Gasteiger partial charge on any atom is -0.491 e. The first-order chi connectivity index (χ1) is 10.4. The van der Waals surface area contributed by atoms with Gasteiger partial charge in [-0.3, -0.25) is 0 Å². The van der Waals surface area contributed by atoms with Crippen LogP contribution in [0.15, 0.2) is 24.3 Å². The average Bonchev–Trinajstić information content (AvgIpc) is 2.44. The first-order valence-electron chi connectivity index (χ1n) is 7.47. The molecule has 3 N–H and O–H groups in total. The third-order valence-corrected chi connectivity index (χ3v) is 3.05. The minimum absolute atomic E-state index is 0.183. The van der Waals surface area contributed by atoms with E-state index in [1.807, 2.05) is 13.8 Å². The van der Waals surface area contributed by atoms with Crippen LogP contribution < -0.4 is 15.4 Å². The Morgan fingerprint density at radius 3 is 2.50 bits per heavy atom. The van der Waals surface area contributed by atoms with Gasteiger partial charge in [0.1, 0.15) is 18.2 Å². The number of hydrogen-bond acceptors (Lipinski definition) is 3. The Labute approximate surface area is 130 Å². The highest BCUT2D eigenvalue weighted by Gasteiger charge is 2.10. The third kappa shape index (κ3) is 7.83. The molecule has 0 fully saturated rings. The summed E-state index contributed by atoms with van der Waals surface area (Å²) in [4.78, 5) is 11.7. The molecule has 0 spiro atoms. The fourth-order valence-corrected chi connectivity index (χ4v) is 2.00. The quantitative estimate of drug-likeness (QED) is 0.690. The normalized spacial score (nSPS) is 14.8. The van der Waals surface area contributed by atoms with Gasteiger partial charge in [0, 0.05) is 6.54 Å². The summed E-state index contributed by atoms with van der Waals surface area (Å²) >= 11 is 0. The highest BCUT2D eigenvalue weighted by molar-refractivity contribution is 5.74. The predicted molar refractivity (Wildman–Crippen MR) is 83.4 cm³/mol. The Balaban J connectivity index is 2.22. The summed E-state index contributed by atoms with van der Waals surface area (Å²) in [7, 11) is 0. The van der Waals surface area contributed by atoms with E-state index in [0.717, 1.165) is 0 Å². The maximum Gasteiger partial charge on any atom is 0.315 e. The first kappa shape index (κ1) is 18.2. The number of aliphatic hydroxyl groups excluding tert-OH is 1. The molecule has 0 bridgehead atoms. The average molecular weight is 312 g/mol. The highest BCUT2D eigenvalue weighted by atomic mass is 19.1. The van der Waals surface area contributed by atoms with Gasteiger partial charge in [-0.15, -0.1) is 0 Å². The van der Waals surface area contributed by atoms with Gasteiger partial charge in [0.25, 0.3) is 0 Å². The van der Waals surface area contributed by atoms with Crippen LogP contribution in [0.2, 0.25) is 0 Å². The Kier molecular flexibility index (Phi) is 7.66. The van der Waals surface area contributed by atoms with Crippen molar-refractivity contribution in [3.8, 4) is 5.75 Å². The lowest BCUT2D eigenvalue weighted by molar-refractivity contribution is 0.163. The van der Waals surface area contributed by atoms with Gasteiger partial charge in [0.15, 0.2) is 0 Å². The number of ether oxygens (including phenoxy) is 1. The lowest BCUT2D eigenvalue weighted by Crippen LogP contribution is -2.44. The second kappa shape index (κ2) is 9.25. The standard InChI is InChI=1S/C16H25FN2O3/c1-11(8-13(3)20)9-18-16(21)19-12(2)10-22-15-6-4-14(17)5-7-15/h4-7,11-13,20H,8-10H2,1-3H3,(H2,18,19,21). The predicted octanol–water partition coefficient (Wildman–Crippen LogP) is 2.30. The SMILES string of the molecule is CC(O)CC(C)CNC(=O)NC(C)COc1ccc(F)cc1. The number of benzene rings is 1. The molecular weight excluding hydrogens is 287 g/mol. The van der Waals surface area contributed by atoms with Crippen LogP contribution in [0.5, 0.6) is 5.75 Å². The molecule has 3 unspecified atom stereocenters. The number of nitrogens with one attached hydrogen (secondary N) is 2. The molecule has 5 nitrogen and oxygen atoms in total. The molecule has 1 rings (SSSR count). The van der Waals surface area contributed by atoms with Crippen molar-refractivity contribution in [3.05, 3.63) is 30.1 Å². The molecule has 1 aromatic carbocycles. The molecule has 1 aromatic rings. The second-order valence-corrected chi connectivity index (χ2v) is 5.71. The summed E-state index contributed by atoms with van der Waals surface area (Å²) in [5, 5.41) is 14.8. The van der Waals surface area contributed by atoms with E-state index in [4.69, 9.17) is 4.74 Å². The molecule has 0 radical (unpaired) electrons. The molecule has 0 saturated carbocycles. The molecule has 2 amide bonds. The zero-order valence-corrected chi connectivity index (χ0v) is 13.3. The van der Waals surface area contributed by atoms with Gasteiger partial charge in [-0.25, -0.2) is 9.18 Å². The van der Waals surface area contributed by atoms with Gasteiger partial charge < -0.3 is 20.5 Å². The number of hydrogen-bond donors (Lipinski definition) is 3. The second-order valence-electron chi connectivity index (χ2n) is 5.71. The van der Waals surface area contributed by atoms with Crippen LogP contribution in [-0.4, -0.2) is 36.4 Å². The van der Waals surface area contributed by atoms with Crippen molar-refractivity contribution in [3.63, 3.8) is 0 Å². The van der Waals surface area contributed by atoms with Crippen molar-refractivity contribution in [2.24, 2.45) is 5.92 Å². The van der Waals surface area contributed by atoms with E-state index in [1.165, 1.54) is 12.1 Å². The Bertz CT molecular complexity index is 451. The van der Waals surface area contributed by atoms with Crippen molar-refractivity contribution in [2.45, 2.75) is 39.3 Å². The van der Waals surface area contributed by atoms with Gasteiger partial charge in [-0.2, -0.15) is 0 Å². The van der Waals surface area contributed by atoms with E-state index in [-0.39, 0.29) is 29.9 Å². The van der Waals surface area contributed by atoms with Crippen LogP contribution in [0.25, 0.3) is 0 Å². The molecular formula is C16H25FN2O3. The molecule has 0 saturated heterocycles. The fraction of sp³-hybridized carbons (Fsp3) is 0.562. The number of aliphatic hydroxyl groups is 1. The van der Waals surface area contributed by atoms with Crippen LogP contribution in [0.3, 0.4) is 0 Å². The smallest absolute Gasteiger partial charge is 0.315 e. The van der Waals surface area contributed by atoms with Crippen LogP contribution in [-0.2, 0) is 0 Å². The zero-order chi connectivity index (χ0) is 16.5. The van der Waals surface area contributed by atoms with Crippen molar-refractivity contribution in [1.82, 2.24) is 10.6 Å². The summed E-state index contributed by atoms with van der Waals surface area (Å²) in [5.74, 6) is 0.446. The number of amides is 2. The maximum atomic E-state index is 12.8. The van der Waals surface area contributed by atoms with Gasteiger partial charge in [0.05, 0.1) is 12.1 Å². The summed E-state index contributed by atoms with van der Waals surface area (Å²) in [6, 6.07) is 5.28. The van der Waals surface area contributed by atoms with Gasteiger partial charge in [-0.05, 0) is 50.5 Å². The summed E-state index contributed by atoms with van der Waals surface area (Å²) in [5.41, 5.74) is 0. The Morgan fingerprint density at radius 1 is 1.27 bits per heavy atom. The van der Waals surface area contributed by atoms with Gasteiger partial charge >= 0.3 is 6.03 Å². The van der Waals surface area contributed by atoms with Crippen LogP contribution in [0, 0.1) is 11.7 Å². The molecule has 0 aromatic heterocycles. The number of carbonyl (C=O) groups excluding carboxylic acids is 1. The molecule has 124 valence electrons. The van der Waals surface area contributed by atoms with E-state index in [2.05, 4.69) is 10.6 Å². The lowest BCUT2D eigenvalue weighted by atomic mass is 10.1. The molecule has 22 heavy (non-hydrogen) atoms. The van der Waals surface area contributed by atoms with Crippen molar-refractivity contribution >= 4 is 6.03 Å².